The Morgan fingerprint density at radius 2 is 1.69 bits per heavy atom. The van der Waals surface area contributed by atoms with Crippen LogP contribution in [0.15, 0.2) is 60.9 Å². The van der Waals surface area contributed by atoms with Crippen molar-refractivity contribution < 1.29 is 37.5 Å². The molecule has 320 valence electrons. The van der Waals surface area contributed by atoms with Crippen molar-refractivity contribution in [3.63, 3.8) is 0 Å². The fraction of sp³-hybridized carbons (Fsp3) is 0.455. The topological polar surface area (TPSA) is 186 Å². The molecular weight excluding hydrogens is 803 g/mol. The number of carbonyl (C=O) groups excluding carboxylic acids is 6. The molecule has 2 aromatic carbocycles. The van der Waals surface area contributed by atoms with Crippen LogP contribution < -0.4 is 15.5 Å². The van der Waals surface area contributed by atoms with E-state index < -0.39 is 52.8 Å². The number of nitrogens with zero attached hydrogens (tertiary/aromatic N) is 7. The smallest absolute Gasteiger partial charge is 0.320 e. The van der Waals surface area contributed by atoms with Gasteiger partial charge in [0.2, 0.25) is 11.8 Å². The highest BCUT2D eigenvalue weighted by molar-refractivity contribution is 6.23. The first kappa shape index (κ1) is 38.5. The van der Waals surface area contributed by atoms with Crippen molar-refractivity contribution >= 4 is 46.9 Å². The number of carbonyl (C=O) groups is 6. The number of H-pyrrole nitrogens is 1. The molecule has 18 heteroatoms. The lowest BCUT2D eigenvalue weighted by molar-refractivity contribution is -0.136. The second-order valence-corrected chi connectivity index (χ2v) is 18.5. The lowest BCUT2D eigenvalue weighted by atomic mass is 9.72. The van der Waals surface area contributed by atoms with Crippen molar-refractivity contribution in [1.82, 2.24) is 40.0 Å². The van der Waals surface area contributed by atoms with Gasteiger partial charge >= 0.3 is 6.03 Å². The van der Waals surface area contributed by atoms with E-state index in [1.54, 1.807) is 31.5 Å². The number of fused-ring (bicyclic) bond motifs is 3. The highest BCUT2D eigenvalue weighted by atomic mass is 19.3. The fourth-order valence-corrected chi connectivity index (χ4v) is 11.0. The average Bonchev–Trinajstić information content (AvgIpc) is 3.74. The van der Waals surface area contributed by atoms with Crippen LogP contribution in [0.2, 0.25) is 0 Å². The summed E-state index contributed by atoms with van der Waals surface area (Å²) in [6.07, 6.45) is 5.46. The Bertz CT molecular complexity index is 2590. The first-order valence-corrected chi connectivity index (χ1v) is 21.2. The van der Waals surface area contributed by atoms with Crippen LogP contribution in [-0.4, -0.2) is 121 Å². The number of piperidine rings is 2. The highest BCUT2D eigenvalue weighted by Gasteiger charge is 2.78. The van der Waals surface area contributed by atoms with E-state index in [0.29, 0.717) is 43.1 Å². The summed E-state index contributed by atoms with van der Waals surface area (Å²) < 4.78 is 30.8. The molecule has 7 aliphatic rings. The number of alkyl halides is 2. The van der Waals surface area contributed by atoms with Crippen LogP contribution in [0.5, 0.6) is 0 Å². The van der Waals surface area contributed by atoms with E-state index in [2.05, 4.69) is 30.8 Å². The average molecular weight is 847 g/mol. The third-order valence-electron chi connectivity index (χ3n) is 14.9. The van der Waals surface area contributed by atoms with Gasteiger partial charge in [0.05, 0.1) is 29.1 Å². The van der Waals surface area contributed by atoms with Crippen molar-refractivity contribution in [2.24, 2.45) is 22.7 Å². The maximum absolute atomic E-state index is 14.5. The maximum Gasteiger partial charge on any atom is 0.320 e. The molecule has 3 N–H and O–H groups in total. The van der Waals surface area contributed by atoms with Gasteiger partial charge < -0.3 is 20.0 Å². The van der Waals surface area contributed by atoms with Crippen molar-refractivity contribution in [2.75, 3.05) is 49.5 Å². The van der Waals surface area contributed by atoms with Crippen molar-refractivity contribution in [3.05, 3.63) is 94.6 Å². The van der Waals surface area contributed by atoms with Gasteiger partial charge in [0.25, 0.3) is 23.6 Å². The Morgan fingerprint density at radius 3 is 2.44 bits per heavy atom. The molecule has 0 radical (unpaired) electrons. The molecule has 11 rings (SSSR count). The van der Waals surface area contributed by atoms with E-state index in [1.807, 2.05) is 50.9 Å². The minimum absolute atomic E-state index is 0.00275. The van der Waals surface area contributed by atoms with Crippen LogP contribution in [-0.2, 0) is 22.4 Å². The molecule has 1 spiro atoms. The van der Waals surface area contributed by atoms with E-state index in [4.69, 9.17) is 0 Å². The molecule has 5 aliphatic heterocycles. The van der Waals surface area contributed by atoms with Crippen LogP contribution >= 0.6 is 0 Å². The number of likely N-dealkylation sites (tertiary alicyclic amines) is 2. The molecule has 7 heterocycles. The monoisotopic (exact) mass is 846 g/mol. The van der Waals surface area contributed by atoms with E-state index >= 15 is 0 Å². The zero-order valence-corrected chi connectivity index (χ0v) is 33.9. The Kier molecular flexibility index (Phi) is 8.39. The summed E-state index contributed by atoms with van der Waals surface area (Å²) >= 11 is 0. The van der Waals surface area contributed by atoms with Crippen LogP contribution in [0.3, 0.4) is 0 Å². The van der Waals surface area contributed by atoms with Crippen LogP contribution in [0.1, 0.15) is 86.7 Å². The molecule has 4 aromatic rings. The van der Waals surface area contributed by atoms with Gasteiger partial charge in [-0.05, 0) is 49.4 Å². The number of rotatable bonds is 7. The molecule has 0 bridgehead atoms. The number of anilines is 2. The number of aromatic nitrogens is 4. The minimum atomic E-state index is -2.76. The number of hydrogen-bond donors (Lipinski definition) is 3. The SMILES string of the molecule is C[C@@]12Cc3[nH]nc(C(=O)Nc4cnn([C@H](c5ccccc5)C5CN(C(=O)N6CC7(CCN(c8ccc9c(c8)C(=O)N(C8CCC(=O)NC8=O)C9=O)CC7)C6)C5)c4)c3C[C@@H]1C2(F)F. The normalized spacial score (nSPS) is 26.3. The van der Waals surface area contributed by atoms with E-state index in [1.165, 1.54) is 0 Å². The summed E-state index contributed by atoms with van der Waals surface area (Å²) in [5.74, 6) is -6.10. The minimum Gasteiger partial charge on any atom is -0.371 e. The molecule has 16 nitrogen and oxygen atoms in total. The third kappa shape index (κ3) is 5.81. The fourth-order valence-electron chi connectivity index (χ4n) is 11.0. The predicted molar refractivity (Wildman–Crippen MR) is 216 cm³/mol. The second kappa shape index (κ2) is 13.5. The summed E-state index contributed by atoms with van der Waals surface area (Å²) in [4.78, 5) is 84.8. The van der Waals surface area contributed by atoms with Gasteiger partial charge in [-0.1, -0.05) is 37.3 Å². The summed E-state index contributed by atoms with van der Waals surface area (Å²) in [7, 11) is 0. The number of aromatic amines is 1. The van der Waals surface area contributed by atoms with Crippen molar-refractivity contribution in [2.45, 2.75) is 63.5 Å². The highest BCUT2D eigenvalue weighted by Crippen LogP contribution is 2.70. The van der Waals surface area contributed by atoms with E-state index in [9.17, 15) is 37.5 Å². The summed E-state index contributed by atoms with van der Waals surface area (Å²) in [5.41, 5.74) is 2.96. The zero-order chi connectivity index (χ0) is 42.9. The number of halogens is 2. The Balaban J connectivity index is 0.695. The van der Waals surface area contributed by atoms with Gasteiger partial charge in [0, 0.05) is 97.9 Å². The number of urea groups is 1. The summed E-state index contributed by atoms with van der Waals surface area (Å²) in [5, 5.41) is 16.8. The molecule has 1 saturated carbocycles. The van der Waals surface area contributed by atoms with E-state index in [-0.39, 0.29) is 65.9 Å². The molecule has 7 amide bonds. The largest absolute Gasteiger partial charge is 0.371 e. The van der Waals surface area contributed by atoms with Gasteiger partial charge in [-0.2, -0.15) is 10.2 Å². The first-order chi connectivity index (χ1) is 29.7. The van der Waals surface area contributed by atoms with Crippen molar-refractivity contribution in [3.8, 4) is 0 Å². The van der Waals surface area contributed by atoms with Crippen LogP contribution in [0.4, 0.5) is 25.0 Å². The summed E-state index contributed by atoms with van der Waals surface area (Å²) in [6.45, 7) is 5.40. The Labute approximate surface area is 353 Å². The number of hydrogen-bond acceptors (Lipinski definition) is 9. The van der Waals surface area contributed by atoms with Gasteiger partial charge in [-0.3, -0.25) is 44.0 Å². The van der Waals surface area contributed by atoms with Gasteiger partial charge in [0.15, 0.2) is 5.69 Å². The molecule has 2 aliphatic carbocycles. The first-order valence-electron chi connectivity index (χ1n) is 21.2. The lowest BCUT2D eigenvalue weighted by Gasteiger charge is -2.56. The maximum atomic E-state index is 14.5. The van der Waals surface area contributed by atoms with Gasteiger partial charge in [0.1, 0.15) is 6.04 Å². The lowest BCUT2D eigenvalue weighted by Crippen LogP contribution is -2.66. The number of imide groups is 2. The molecule has 4 saturated heterocycles. The molecule has 1 unspecified atom stereocenters. The van der Waals surface area contributed by atoms with Crippen LogP contribution in [0.25, 0.3) is 0 Å². The number of amides is 7. The van der Waals surface area contributed by atoms with Crippen molar-refractivity contribution in [1.29, 1.82) is 0 Å². The van der Waals surface area contributed by atoms with Gasteiger partial charge in [-0.15, -0.1) is 0 Å². The predicted octanol–water partition coefficient (Wildman–Crippen LogP) is 3.87. The second-order valence-electron chi connectivity index (χ2n) is 18.5. The summed E-state index contributed by atoms with van der Waals surface area (Å²) in [6, 6.07) is 13.9. The standard InChI is InChI=1S/C44H44F2N10O6/c1-42-17-31-30(16-33(42)44(42,45)46)35(51-50-31)38(59)48-26-18-47-55(21-26)36(24-5-3-2-4-6-24)25-19-53(20-25)41(62)54-22-43(23-54)11-13-52(14-12-43)27-7-8-28-29(15-27)40(61)56(39(28)60)32-9-10-34(57)49-37(32)58/h2-8,15,18,21,25,32-33,36H,9-14,16-17,19-20,22-23H2,1H3,(H,48,59)(H,50,51)(H,49,57,58)/t32?,33-,36+,42+/m0/s1. The zero-order valence-electron chi connectivity index (χ0n) is 33.9. The van der Waals surface area contributed by atoms with Gasteiger partial charge in [-0.25, -0.2) is 13.6 Å². The number of nitrogens with one attached hydrogen (secondary N) is 3. The van der Waals surface area contributed by atoms with E-state index in [0.717, 1.165) is 42.1 Å². The quantitative estimate of drug-likeness (QED) is 0.232. The molecule has 4 atom stereocenters. The number of benzene rings is 2. The third-order valence-corrected chi connectivity index (χ3v) is 14.9. The van der Waals surface area contributed by atoms with Crippen LogP contribution in [0, 0.1) is 22.7 Å². The molecule has 2 aromatic heterocycles. The molecule has 62 heavy (non-hydrogen) atoms. The molecular formula is C44H44F2N10O6. The Morgan fingerprint density at radius 1 is 0.952 bits per heavy atom. The Hall–Kier alpha value is -6.46. The molecule has 5 fully saturated rings.